The SMILES string of the molecule is CCCCCc1c2c(cc3ccc(O)cc13)-c1ccc(O)cc1CC2. The molecule has 1 aliphatic rings. The lowest BCUT2D eigenvalue weighted by atomic mass is 9.80. The molecule has 0 saturated heterocycles. The lowest BCUT2D eigenvalue weighted by molar-refractivity contribution is 0.474. The highest BCUT2D eigenvalue weighted by atomic mass is 16.3. The Hall–Kier alpha value is -2.48. The molecule has 2 heteroatoms. The Labute approximate surface area is 148 Å². The highest BCUT2D eigenvalue weighted by Crippen LogP contribution is 2.41. The minimum atomic E-state index is 0.338. The van der Waals surface area contributed by atoms with Crippen LogP contribution in [0.15, 0.2) is 42.5 Å². The third kappa shape index (κ3) is 2.86. The first-order valence-corrected chi connectivity index (χ1v) is 9.27. The van der Waals surface area contributed by atoms with Crippen molar-refractivity contribution in [2.24, 2.45) is 0 Å². The van der Waals surface area contributed by atoms with Gasteiger partial charge in [0.15, 0.2) is 0 Å². The van der Waals surface area contributed by atoms with E-state index in [2.05, 4.69) is 13.0 Å². The van der Waals surface area contributed by atoms with Crippen molar-refractivity contribution < 1.29 is 10.2 Å². The van der Waals surface area contributed by atoms with Crippen molar-refractivity contribution in [1.82, 2.24) is 0 Å². The Morgan fingerprint density at radius 1 is 0.840 bits per heavy atom. The predicted octanol–water partition coefficient (Wildman–Crippen LogP) is 5.75. The Morgan fingerprint density at radius 2 is 1.64 bits per heavy atom. The second-order valence-electron chi connectivity index (χ2n) is 7.09. The van der Waals surface area contributed by atoms with E-state index in [1.165, 1.54) is 57.9 Å². The fraction of sp³-hybridized carbons (Fsp3) is 0.304. The summed E-state index contributed by atoms with van der Waals surface area (Å²) in [7, 11) is 0. The van der Waals surface area contributed by atoms with Crippen LogP contribution >= 0.6 is 0 Å². The Balaban J connectivity index is 1.94. The molecule has 0 heterocycles. The van der Waals surface area contributed by atoms with Gasteiger partial charge in [-0.05, 0) is 94.6 Å². The van der Waals surface area contributed by atoms with Gasteiger partial charge in [-0.3, -0.25) is 0 Å². The highest BCUT2D eigenvalue weighted by Gasteiger charge is 2.21. The van der Waals surface area contributed by atoms with Crippen molar-refractivity contribution in [1.29, 1.82) is 0 Å². The molecule has 0 spiro atoms. The summed E-state index contributed by atoms with van der Waals surface area (Å²) in [6.07, 6.45) is 6.64. The van der Waals surface area contributed by atoms with Crippen LogP contribution in [0.1, 0.15) is 42.9 Å². The molecule has 0 aliphatic heterocycles. The third-order valence-electron chi connectivity index (χ3n) is 5.40. The second kappa shape index (κ2) is 6.44. The van der Waals surface area contributed by atoms with Crippen molar-refractivity contribution in [3.63, 3.8) is 0 Å². The summed E-state index contributed by atoms with van der Waals surface area (Å²) in [6, 6.07) is 13.7. The molecule has 3 aromatic rings. The summed E-state index contributed by atoms with van der Waals surface area (Å²) in [5, 5.41) is 22.2. The number of benzene rings is 3. The Bertz CT molecular complexity index is 940. The Kier molecular flexibility index (Phi) is 4.12. The van der Waals surface area contributed by atoms with Crippen LogP contribution in [-0.2, 0) is 19.3 Å². The van der Waals surface area contributed by atoms with E-state index in [0.717, 1.165) is 19.3 Å². The molecule has 0 saturated carbocycles. The van der Waals surface area contributed by atoms with E-state index in [9.17, 15) is 10.2 Å². The topological polar surface area (TPSA) is 40.5 Å². The fourth-order valence-corrected chi connectivity index (χ4v) is 4.17. The Morgan fingerprint density at radius 3 is 2.48 bits per heavy atom. The van der Waals surface area contributed by atoms with Crippen molar-refractivity contribution in [2.45, 2.75) is 45.4 Å². The van der Waals surface area contributed by atoms with Gasteiger partial charge in [-0.15, -0.1) is 0 Å². The third-order valence-corrected chi connectivity index (χ3v) is 5.40. The lowest BCUT2D eigenvalue weighted by Crippen LogP contribution is -2.08. The fourth-order valence-electron chi connectivity index (χ4n) is 4.17. The van der Waals surface area contributed by atoms with Crippen molar-refractivity contribution in [3.05, 3.63) is 59.2 Å². The summed E-state index contributed by atoms with van der Waals surface area (Å²) >= 11 is 0. The number of hydrogen-bond donors (Lipinski definition) is 2. The summed E-state index contributed by atoms with van der Waals surface area (Å²) in [5.41, 5.74) is 6.59. The van der Waals surface area contributed by atoms with Crippen LogP contribution in [-0.4, -0.2) is 10.2 Å². The van der Waals surface area contributed by atoms with Crippen LogP contribution in [0.2, 0.25) is 0 Å². The van der Waals surface area contributed by atoms with Crippen molar-refractivity contribution in [3.8, 4) is 22.6 Å². The smallest absolute Gasteiger partial charge is 0.116 e. The molecule has 0 aromatic heterocycles. The van der Waals surface area contributed by atoms with E-state index in [0.29, 0.717) is 11.5 Å². The minimum Gasteiger partial charge on any atom is -0.508 e. The average Bonchev–Trinajstić information content (AvgIpc) is 2.61. The van der Waals surface area contributed by atoms with Gasteiger partial charge in [0, 0.05) is 0 Å². The van der Waals surface area contributed by atoms with Gasteiger partial charge in [-0.25, -0.2) is 0 Å². The first-order chi connectivity index (χ1) is 12.2. The van der Waals surface area contributed by atoms with Crippen LogP contribution in [0.3, 0.4) is 0 Å². The summed E-state index contributed by atoms with van der Waals surface area (Å²) < 4.78 is 0. The first kappa shape index (κ1) is 16.0. The van der Waals surface area contributed by atoms with Crippen LogP contribution < -0.4 is 0 Å². The van der Waals surface area contributed by atoms with Crippen molar-refractivity contribution in [2.75, 3.05) is 0 Å². The molecule has 2 nitrogen and oxygen atoms in total. The van der Waals surface area contributed by atoms with Gasteiger partial charge in [0.05, 0.1) is 0 Å². The van der Waals surface area contributed by atoms with Gasteiger partial charge in [0.2, 0.25) is 0 Å². The number of hydrogen-bond acceptors (Lipinski definition) is 2. The van der Waals surface area contributed by atoms with E-state index in [1.807, 2.05) is 24.3 Å². The molecule has 0 fully saturated rings. The summed E-state index contributed by atoms with van der Waals surface area (Å²) in [5.74, 6) is 0.682. The number of phenols is 2. The molecule has 0 bridgehead atoms. The molecule has 2 N–H and O–H groups in total. The van der Waals surface area contributed by atoms with Gasteiger partial charge in [-0.2, -0.15) is 0 Å². The molecule has 0 atom stereocenters. The zero-order valence-electron chi connectivity index (χ0n) is 14.7. The van der Waals surface area contributed by atoms with E-state index < -0.39 is 0 Å². The van der Waals surface area contributed by atoms with Gasteiger partial charge < -0.3 is 10.2 Å². The quantitative estimate of drug-likeness (QED) is 0.597. The van der Waals surface area contributed by atoms with E-state index >= 15 is 0 Å². The van der Waals surface area contributed by atoms with E-state index in [-0.39, 0.29) is 0 Å². The lowest BCUT2D eigenvalue weighted by Gasteiger charge is -2.25. The second-order valence-corrected chi connectivity index (χ2v) is 7.09. The predicted molar refractivity (Wildman–Crippen MR) is 103 cm³/mol. The minimum absolute atomic E-state index is 0.338. The number of phenolic OH excluding ortho intramolecular Hbond substituents is 2. The van der Waals surface area contributed by atoms with Gasteiger partial charge in [0.1, 0.15) is 11.5 Å². The average molecular weight is 332 g/mol. The zero-order chi connectivity index (χ0) is 17.4. The maximum Gasteiger partial charge on any atom is 0.116 e. The van der Waals surface area contributed by atoms with Gasteiger partial charge >= 0.3 is 0 Å². The molecular formula is C23H24O2. The van der Waals surface area contributed by atoms with E-state index in [4.69, 9.17) is 0 Å². The molecule has 0 unspecified atom stereocenters. The standard InChI is InChI=1S/C23H24O2/c1-2-3-4-5-20-21-10-7-15-12-17(24)9-11-19(15)23(21)13-16-6-8-18(25)14-22(16)20/h6,8-9,11-14,24-25H,2-5,7,10H2,1H3. The molecule has 4 rings (SSSR count). The zero-order valence-corrected chi connectivity index (χ0v) is 14.7. The first-order valence-electron chi connectivity index (χ1n) is 9.27. The molecule has 25 heavy (non-hydrogen) atoms. The normalized spacial score (nSPS) is 12.8. The maximum absolute atomic E-state index is 9.99. The molecular weight excluding hydrogens is 308 g/mol. The van der Waals surface area contributed by atoms with Gasteiger partial charge in [0.25, 0.3) is 0 Å². The molecule has 0 amide bonds. The number of unbranched alkanes of at least 4 members (excludes halogenated alkanes) is 2. The van der Waals surface area contributed by atoms with Crippen molar-refractivity contribution >= 4 is 10.8 Å². The van der Waals surface area contributed by atoms with E-state index in [1.54, 1.807) is 12.1 Å². The van der Waals surface area contributed by atoms with Crippen LogP contribution in [0.25, 0.3) is 21.9 Å². The molecule has 3 aromatic carbocycles. The highest BCUT2D eigenvalue weighted by molar-refractivity contribution is 5.94. The monoisotopic (exact) mass is 332 g/mol. The molecule has 0 radical (unpaired) electrons. The van der Waals surface area contributed by atoms with Crippen LogP contribution in [0.4, 0.5) is 0 Å². The number of aromatic hydroxyl groups is 2. The maximum atomic E-state index is 9.99. The van der Waals surface area contributed by atoms with Gasteiger partial charge in [-0.1, -0.05) is 31.9 Å². The number of rotatable bonds is 4. The number of aryl methyl sites for hydroxylation is 2. The summed E-state index contributed by atoms with van der Waals surface area (Å²) in [4.78, 5) is 0. The molecule has 128 valence electrons. The largest absolute Gasteiger partial charge is 0.508 e. The number of fused-ring (bicyclic) bond motifs is 4. The summed E-state index contributed by atoms with van der Waals surface area (Å²) in [6.45, 7) is 2.23. The van der Waals surface area contributed by atoms with Crippen LogP contribution in [0, 0.1) is 0 Å². The molecule has 1 aliphatic carbocycles. The van der Waals surface area contributed by atoms with Crippen LogP contribution in [0.5, 0.6) is 11.5 Å².